The third kappa shape index (κ3) is 3.87. The summed E-state index contributed by atoms with van der Waals surface area (Å²) >= 11 is 0. The third-order valence-electron chi connectivity index (χ3n) is 4.00. The molecule has 0 saturated heterocycles. The molecule has 19 heavy (non-hydrogen) atoms. The van der Waals surface area contributed by atoms with Crippen LogP contribution in [-0.2, 0) is 6.54 Å². The molecule has 0 aromatic heterocycles. The second-order valence-corrected chi connectivity index (χ2v) is 5.51. The Balaban J connectivity index is 2.05. The molecule has 1 saturated carbocycles. The average Bonchev–Trinajstić information content (AvgIpc) is 2.43. The zero-order chi connectivity index (χ0) is 13.7. The summed E-state index contributed by atoms with van der Waals surface area (Å²) in [6.45, 7) is 3.64. The van der Waals surface area contributed by atoms with E-state index in [-0.39, 0.29) is 0 Å². The van der Waals surface area contributed by atoms with E-state index in [0.717, 1.165) is 18.0 Å². The lowest BCUT2D eigenvalue weighted by Crippen LogP contribution is -2.33. The number of hydrogen-bond acceptors (Lipinski definition) is 3. The van der Waals surface area contributed by atoms with Crippen molar-refractivity contribution in [2.24, 2.45) is 0 Å². The first-order valence-electron chi connectivity index (χ1n) is 7.42. The van der Waals surface area contributed by atoms with Gasteiger partial charge in [0.2, 0.25) is 0 Å². The molecule has 106 valence electrons. The lowest BCUT2D eigenvalue weighted by atomic mass is 9.94. The van der Waals surface area contributed by atoms with Crippen molar-refractivity contribution in [1.29, 1.82) is 0 Å². The molecule has 2 N–H and O–H groups in total. The Bertz CT molecular complexity index is 400. The molecule has 0 atom stereocenters. The fourth-order valence-corrected chi connectivity index (χ4v) is 2.94. The molecule has 1 aliphatic rings. The minimum Gasteiger partial charge on any atom is -0.494 e. The van der Waals surface area contributed by atoms with Gasteiger partial charge in [0.25, 0.3) is 0 Å². The molecule has 0 aliphatic heterocycles. The second kappa shape index (κ2) is 6.80. The zero-order valence-corrected chi connectivity index (χ0v) is 12.2. The largest absolute Gasteiger partial charge is 0.494 e. The summed E-state index contributed by atoms with van der Waals surface area (Å²) in [6.07, 6.45) is 6.77. The van der Waals surface area contributed by atoms with Crippen molar-refractivity contribution in [1.82, 2.24) is 4.90 Å². The normalized spacial score (nSPS) is 16.8. The van der Waals surface area contributed by atoms with Gasteiger partial charge in [0, 0.05) is 23.8 Å². The first-order valence-corrected chi connectivity index (χ1v) is 7.42. The van der Waals surface area contributed by atoms with Gasteiger partial charge in [-0.3, -0.25) is 4.90 Å². The van der Waals surface area contributed by atoms with Gasteiger partial charge in [0.1, 0.15) is 5.75 Å². The molecule has 0 unspecified atom stereocenters. The van der Waals surface area contributed by atoms with Crippen molar-refractivity contribution in [2.45, 2.75) is 51.6 Å². The number of nitrogen functional groups attached to an aromatic ring is 1. The van der Waals surface area contributed by atoms with Gasteiger partial charge in [-0.05, 0) is 45.0 Å². The van der Waals surface area contributed by atoms with E-state index >= 15 is 0 Å². The summed E-state index contributed by atoms with van der Waals surface area (Å²) in [6, 6.07) is 6.66. The summed E-state index contributed by atoms with van der Waals surface area (Å²) in [5.41, 5.74) is 7.92. The Kier molecular flexibility index (Phi) is 5.08. The summed E-state index contributed by atoms with van der Waals surface area (Å²) in [5, 5.41) is 0. The summed E-state index contributed by atoms with van der Waals surface area (Å²) < 4.78 is 5.70. The van der Waals surface area contributed by atoms with Crippen molar-refractivity contribution < 1.29 is 4.74 Å². The highest BCUT2D eigenvalue weighted by Gasteiger charge is 2.19. The molecule has 1 aliphatic carbocycles. The number of anilines is 1. The van der Waals surface area contributed by atoms with Gasteiger partial charge in [-0.2, -0.15) is 0 Å². The molecule has 0 bridgehead atoms. The highest BCUT2D eigenvalue weighted by atomic mass is 16.5. The summed E-state index contributed by atoms with van der Waals surface area (Å²) in [4.78, 5) is 2.45. The summed E-state index contributed by atoms with van der Waals surface area (Å²) in [7, 11) is 2.22. The van der Waals surface area contributed by atoms with Gasteiger partial charge in [0.15, 0.2) is 0 Å². The molecule has 2 rings (SSSR count). The highest BCUT2D eigenvalue weighted by Crippen LogP contribution is 2.27. The van der Waals surface area contributed by atoms with E-state index in [0.29, 0.717) is 12.6 Å². The van der Waals surface area contributed by atoms with Crippen LogP contribution >= 0.6 is 0 Å². The Labute approximate surface area is 116 Å². The third-order valence-corrected chi connectivity index (χ3v) is 4.00. The van der Waals surface area contributed by atoms with Gasteiger partial charge in [-0.1, -0.05) is 19.3 Å². The molecule has 3 nitrogen and oxygen atoms in total. The van der Waals surface area contributed by atoms with Crippen molar-refractivity contribution in [3.63, 3.8) is 0 Å². The maximum absolute atomic E-state index is 5.90. The smallest absolute Gasteiger partial charge is 0.123 e. The molecular weight excluding hydrogens is 236 g/mol. The Hall–Kier alpha value is -1.22. The number of nitrogens with zero attached hydrogens (tertiary/aromatic N) is 1. The van der Waals surface area contributed by atoms with E-state index in [1.165, 1.54) is 37.7 Å². The van der Waals surface area contributed by atoms with Gasteiger partial charge in [-0.15, -0.1) is 0 Å². The quantitative estimate of drug-likeness (QED) is 0.826. The minimum atomic E-state index is 0.698. The monoisotopic (exact) mass is 262 g/mol. The molecule has 0 amide bonds. The Morgan fingerprint density at radius 1 is 1.26 bits per heavy atom. The van der Waals surface area contributed by atoms with E-state index in [9.17, 15) is 0 Å². The fraction of sp³-hybridized carbons (Fsp3) is 0.625. The van der Waals surface area contributed by atoms with Crippen LogP contribution in [0, 0.1) is 0 Å². The van der Waals surface area contributed by atoms with Crippen LogP contribution < -0.4 is 10.5 Å². The molecule has 0 spiro atoms. The van der Waals surface area contributed by atoms with E-state index in [2.05, 4.69) is 11.9 Å². The van der Waals surface area contributed by atoms with Crippen molar-refractivity contribution >= 4 is 5.69 Å². The van der Waals surface area contributed by atoms with E-state index in [1.54, 1.807) is 0 Å². The van der Waals surface area contributed by atoms with Crippen LogP contribution in [0.2, 0.25) is 0 Å². The predicted octanol–water partition coefficient (Wildman–Crippen LogP) is 3.43. The Morgan fingerprint density at radius 3 is 2.68 bits per heavy atom. The maximum atomic E-state index is 5.90. The summed E-state index contributed by atoms with van der Waals surface area (Å²) in [5.74, 6) is 0.972. The number of ether oxygens (including phenoxy) is 1. The number of benzene rings is 1. The molecule has 0 radical (unpaired) electrons. The van der Waals surface area contributed by atoms with Crippen molar-refractivity contribution in [3.05, 3.63) is 23.8 Å². The zero-order valence-electron chi connectivity index (χ0n) is 12.2. The van der Waals surface area contributed by atoms with Crippen molar-refractivity contribution in [2.75, 3.05) is 19.4 Å². The van der Waals surface area contributed by atoms with Crippen LogP contribution in [0.3, 0.4) is 0 Å². The maximum Gasteiger partial charge on any atom is 0.123 e. The lowest BCUT2D eigenvalue weighted by Gasteiger charge is -2.31. The van der Waals surface area contributed by atoms with Crippen LogP contribution in [-0.4, -0.2) is 24.6 Å². The molecule has 1 aromatic rings. The van der Waals surface area contributed by atoms with Crippen LogP contribution in [0.4, 0.5) is 5.69 Å². The first kappa shape index (κ1) is 14.2. The van der Waals surface area contributed by atoms with Crippen LogP contribution in [0.25, 0.3) is 0 Å². The molecule has 1 fully saturated rings. The standard InChI is InChI=1S/C16H26N2O/c1-3-19-16-10-9-14(17)11-13(16)12-18(2)15-7-5-4-6-8-15/h9-11,15H,3-8,12,17H2,1-2H3. The van der Waals surface area contributed by atoms with Gasteiger partial charge >= 0.3 is 0 Å². The SMILES string of the molecule is CCOc1ccc(N)cc1CN(C)C1CCCCC1. The van der Waals surface area contributed by atoms with Crippen LogP contribution in [0.5, 0.6) is 5.75 Å². The number of nitrogens with two attached hydrogens (primary N) is 1. The molecule has 0 heterocycles. The molecule has 3 heteroatoms. The lowest BCUT2D eigenvalue weighted by molar-refractivity contribution is 0.182. The fourth-order valence-electron chi connectivity index (χ4n) is 2.94. The van der Waals surface area contributed by atoms with E-state index < -0.39 is 0 Å². The van der Waals surface area contributed by atoms with Gasteiger partial charge in [-0.25, -0.2) is 0 Å². The van der Waals surface area contributed by atoms with E-state index in [1.807, 2.05) is 25.1 Å². The Morgan fingerprint density at radius 2 is 2.00 bits per heavy atom. The molecular formula is C16H26N2O. The predicted molar refractivity (Wildman–Crippen MR) is 80.4 cm³/mol. The minimum absolute atomic E-state index is 0.698. The molecule has 1 aromatic carbocycles. The van der Waals surface area contributed by atoms with Gasteiger partial charge in [0.05, 0.1) is 6.61 Å². The second-order valence-electron chi connectivity index (χ2n) is 5.51. The van der Waals surface area contributed by atoms with E-state index in [4.69, 9.17) is 10.5 Å². The average molecular weight is 262 g/mol. The number of rotatable bonds is 5. The first-order chi connectivity index (χ1) is 9.20. The van der Waals surface area contributed by atoms with Crippen molar-refractivity contribution in [3.8, 4) is 5.75 Å². The highest BCUT2D eigenvalue weighted by molar-refractivity contribution is 5.47. The topological polar surface area (TPSA) is 38.5 Å². The number of hydrogen-bond donors (Lipinski definition) is 1. The van der Waals surface area contributed by atoms with Crippen LogP contribution in [0.15, 0.2) is 18.2 Å². The van der Waals surface area contributed by atoms with Gasteiger partial charge < -0.3 is 10.5 Å². The van der Waals surface area contributed by atoms with Crippen LogP contribution in [0.1, 0.15) is 44.6 Å².